The number of benzene rings is 2. The van der Waals surface area contributed by atoms with Crippen LogP contribution in [0.3, 0.4) is 0 Å². The van der Waals surface area contributed by atoms with E-state index in [-0.39, 0.29) is 16.7 Å². The predicted octanol–water partition coefficient (Wildman–Crippen LogP) is 3.38. The summed E-state index contributed by atoms with van der Waals surface area (Å²) < 4.78 is 22.8. The Balaban J connectivity index is 1.17. The molecule has 0 saturated carbocycles. The molecule has 12 heteroatoms. The van der Waals surface area contributed by atoms with E-state index >= 15 is 0 Å². The van der Waals surface area contributed by atoms with Gasteiger partial charge in [-0.15, -0.1) is 11.3 Å². The van der Waals surface area contributed by atoms with Crippen LogP contribution in [-0.2, 0) is 34.2 Å². The second kappa shape index (κ2) is 9.21. The second-order valence-corrected chi connectivity index (χ2v) is 11.7. The highest BCUT2D eigenvalue weighted by molar-refractivity contribution is 7.89. The zero-order valence-electron chi connectivity index (χ0n) is 19.6. The number of aryl methyl sites for hydroxylation is 1. The maximum absolute atomic E-state index is 12.9. The molecule has 5 N–H and O–H groups in total. The molecule has 1 aliphatic carbocycles. The molecule has 3 aromatic heterocycles. The lowest BCUT2D eigenvalue weighted by atomic mass is 9.87. The molecule has 10 nitrogen and oxygen atoms in total. The summed E-state index contributed by atoms with van der Waals surface area (Å²) in [7, 11) is -3.74. The van der Waals surface area contributed by atoms with Crippen LogP contribution in [0.4, 0.5) is 11.5 Å². The minimum absolute atomic E-state index is 0.0172. The zero-order valence-corrected chi connectivity index (χ0v) is 21.2. The van der Waals surface area contributed by atoms with Gasteiger partial charge in [-0.05, 0) is 60.7 Å². The number of sulfonamides is 1. The molecule has 1 aliphatic rings. The third-order valence-corrected chi connectivity index (χ3v) is 8.73. The monoisotopic (exact) mass is 533 g/mol. The third-order valence-electron chi connectivity index (χ3n) is 6.64. The van der Waals surface area contributed by atoms with Crippen molar-refractivity contribution in [3.63, 3.8) is 0 Å². The lowest BCUT2D eigenvalue weighted by Gasteiger charge is -2.22. The summed E-state index contributed by atoms with van der Waals surface area (Å²) in [6.45, 7) is 0.319. The number of nitrogens with one attached hydrogen (secondary N) is 3. The van der Waals surface area contributed by atoms with Crippen molar-refractivity contribution in [2.75, 3.05) is 5.32 Å². The van der Waals surface area contributed by atoms with Crippen LogP contribution >= 0.6 is 11.3 Å². The lowest BCUT2D eigenvalue weighted by molar-refractivity contribution is -0.125. The third kappa shape index (κ3) is 4.66. The van der Waals surface area contributed by atoms with Gasteiger partial charge in [-0.3, -0.25) is 9.89 Å². The topological polar surface area (TPSA) is 156 Å². The summed E-state index contributed by atoms with van der Waals surface area (Å²) in [5.74, 6) is 0.602. The first-order valence-corrected chi connectivity index (χ1v) is 14.1. The van der Waals surface area contributed by atoms with E-state index in [1.165, 1.54) is 17.7 Å². The number of fused-ring (bicyclic) bond motifs is 4. The van der Waals surface area contributed by atoms with E-state index in [0.29, 0.717) is 13.0 Å². The van der Waals surface area contributed by atoms with Gasteiger partial charge in [0.1, 0.15) is 17.0 Å². The fourth-order valence-electron chi connectivity index (χ4n) is 4.72. The van der Waals surface area contributed by atoms with E-state index in [4.69, 9.17) is 5.14 Å². The first kappa shape index (κ1) is 23.5. The van der Waals surface area contributed by atoms with Gasteiger partial charge in [0.2, 0.25) is 15.9 Å². The van der Waals surface area contributed by atoms with Crippen LogP contribution in [0, 0.1) is 5.92 Å². The van der Waals surface area contributed by atoms with E-state index in [1.54, 1.807) is 36.0 Å². The summed E-state index contributed by atoms with van der Waals surface area (Å²) in [4.78, 5) is 24.1. The van der Waals surface area contributed by atoms with Crippen LogP contribution < -0.4 is 15.8 Å². The number of carbonyl (C=O) groups is 1. The molecule has 5 aromatic rings. The van der Waals surface area contributed by atoms with Gasteiger partial charge in [0, 0.05) is 28.4 Å². The molecule has 0 saturated heterocycles. The zero-order chi connectivity index (χ0) is 25.6. The van der Waals surface area contributed by atoms with Crippen molar-refractivity contribution in [1.82, 2.24) is 25.5 Å². The highest BCUT2D eigenvalue weighted by Crippen LogP contribution is 2.40. The van der Waals surface area contributed by atoms with Gasteiger partial charge in [0.05, 0.1) is 22.0 Å². The Morgan fingerprint density at radius 3 is 2.81 bits per heavy atom. The molecule has 1 unspecified atom stereocenters. The lowest BCUT2D eigenvalue weighted by Crippen LogP contribution is -2.33. The smallest absolute Gasteiger partial charge is 0.238 e. The largest absolute Gasteiger partial charge is 0.352 e. The highest BCUT2D eigenvalue weighted by atomic mass is 32.2. The predicted molar refractivity (Wildman–Crippen MR) is 142 cm³/mol. The molecule has 37 heavy (non-hydrogen) atoms. The average molecular weight is 534 g/mol. The summed E-state index contributed by atoms with van der Waals surface area (Å²) in [6.07, 6.45) is 5.48. The highest BCUT2D eigenvalue weighted by Gasteiger charge is 2.29. The first-order chi connectivity index (χ1) is 17.8. The van der Waals surface area contributed by atoms with Gasteiger partial charge in [0.15, 0.2) is 0 Å². The number of thiophene rings is 1. The van der Waals surface area contributed by atoms with Crippen LogP contribution in [0.1, 0.15) is 22.4 Å². The number of carbonyl (C=O) groups excluding carboxylic acids is 1. The number of hydrogen-bond acceptors (Lipinski definition) is 8. The van der Waals surface area contributed by atoms with Crippen molar-refractivity contribution in [2.45, 2.75) is 30.7 Å². The van der Waals surface area contributed by atoms with E-state index < -0.39 is 10.0 Å². The summed E-state index contributed by atoms with van der Waals surface area (Å²) in [5, 5.41) is 20.6. The van der Waals surface area contributed by atoms with Gasteiger partial charge >= 0.3 is 0 Å². The molecular formula is C25H23N7O3S2. The van der Waals surface area contributed by atoms with E-state index in [2.05, 4.69) is 30.8 Å². The molecule has 2 aromatic carbocycles. The van der Waals surface area contributed by atoms with Gasteiger partial charge in [0.25, 0.3) is 0 Å². The Labute approximate surface area is 216 Å². The Bertz CT molecular complexity index is 1740. The number of amides is 1. The number of H-pyrrole nitrogens is 1. The summed E-state index contributed by atoms with van der Waals surface area (Å²) in [5.41, 5.74) is 3.89. The van der Waals surface area contributed by atoms with Gasteiger partial charge < -0.3 is 10.6 Å². The molecule has 0 aliphatic heterocycles. The summed E-state index contributed by atoms with van der Waals surface area (Å²) in [6, 6.07) is 12.2. The van der Waals surface area contributed by atoms with Crippen molar-refractivity contribution in [3.8, 4) is 0 Å². The van der Waals surface area contributed by atoms with Crippen LogP contribution in [0.5, 0.6) is 0 Å². The Kier molecular flexibility index (Phi) is 5.86. The normalized spacial score (nSPS) is 15.5. The Morgan fingerprint density at radius 2 is 2.00 bits per heavy atom. The molecule has 0 spiro atoms. The number of rotatable bonds is 6. The van der Waals surface area contributed by atoms with Gasteiger partial charge in [-0.25, -0.2) is 23.5 Å². The Morgan fingerprint density at radius 1 is 1.16 bits per heavy atom. The van der Waals surface area contributed by atoms with Crippen LogP contribution in [0.2, 0.25) is 0 Å². The maximum Gasteiger partial charge on any atom is 0.238 e. The average Bonchev–Trinajstić information content (AvgIpc) is 3.51. The SMILES string of the molecule is NS(=O)(=O)c1ccc(CNC(=O)C2CCc3c(sc4ncnc(Nc5ccc6[nH]ncc6c5)c34)C2)cc1. The molecule has 188 valence electrons. The number of nitrogens with two attached hydrogens (primary N) is 1. The number of aromatic amines is 1. The number of hydrogen-bond donors (Lipinski definition) is 4. The number of nitrogens with zero attached hydrogens (tertiary/aromatic N) is 3. The van der Waals surface area contributed by atoms with Crippen LogP contribution in [0.25, 0.3) is 21.1 Å². The molecular weight excluding hydrogens is 510 g/mol. The number of anilines is 2. The minimum atomic E-state index is -3.74. The van der Waals surface area contributed by atoms with Crippen LogP contribution in [0.15, 0.2) is 59.9 Å². The standard InChI is InChI=1S/C25H23N7O3S2/c26-37(34,35)18-5-1-14(2-6-18)11-27-24(33)15-3-7-19-21(10-15)36-25-22(19)23(28-13-29-25)31-17-4-8-20-16(9-17)12-30-32-20/h1-2,4-6,8-9,12-13,15H,3,7,10-11H2,(H,27,33)(H,30,32)(H2,26,34,35)(H,28,29,31). The van der Waals surface area contributed by atoms with Crippen molar-refractivity contribution in [2.24, 2.45) is 11.1 Å². The maximum atomic E-state index is 12.9. The molecule has 3 heterocycles. The van der Waals surface area contributed by atoms with Crippen molar-refractivity contribution in [3.05, 3.63) is 71.0 Å². The van der Waals surface area contributed by atoms with Crippen molar-refractivity contribution in [1.29, 1.82) is 0 Å². The molecule has 6 rings (SSSR count). The van der Waals surface area contributed by atoms with E-state index in [9.17, 15) is 13.2 Å². The van der Waals surface area contributed by atoms with Gasteiger partial charge in [-0.1, -0.05) is 12.1 Å². The fourth-order valence-corrected chi connectivity index (χ4v) is 6.50. The molecule has 1 atom stereocenters. The quantitative estimate of drug-likeness (QED) is 0.261. The van der Waals surface area contributed by atoms with Crippen molar-refractivity contribution < 1.29 is 13.2 Å². The van der Waals surface area contributed by atoms with E-state index in [0.717, 1.165) is 55.9 Å². The first-order valence-electron chi connectivity index (χ1n) is 11.7. The van der Waals surface area contributed by atoms with Crippen molar-refractivity contribution >= 4 is 59.9 Å². The van der Waals surface area contributed by atoms with Crippen LogP contribution in [-0.4, -0.2) is 34.5 Å². The molecule has 0 radical (unpaired) electrons. The second-order valence-electron chi connectivity index (χ2n) is 9.05. The number of primary sulfonamides is 1. The number of aromatic nitrogens is 4. The van der Waals surface area contributed by atoms with E-state index in [1.807, 2.05) is 18.2 Å². The Hall–Kier alpha value is -3.87. The van der Waals surface area contributed by atoms with Gasteiger partial charge in [-0.2, -0.15) is 5.10 Å². The molecule has 1 amide bonds. The minimum Gasteiger partial charge on any atom is -0.352 e. The molecule has 0 fully saturated rings. The fraction of sp³-hybridized carbons (Fsp3) is 0.200. The molecule has 0 bridgehead atoms. The summed E-state index contributed by atoms with van der Waals surface area (Å²) >= 11 is 1.61.